The minimum atomic E-state index is -1.12. The Bertz CT molecular complexity index is 1330. The van der Waals surface area contributed by atoms with E-state index in [0.717, 1.165) is 24.1 Å². The summed E-state index contributed by atoms with van der Waals surface area (Å²) in [6, 6.07) is 6.83. The van der Waals surface area contributed by atoms with Crippen LogP contribution in [0, 0.1) is 23.7 Å². The van der Waals surface area contributed by atoms with E-state index in [-0.39, 0.29) is 66.6 Å². The molecule has 1 aliphatic rings. The summed E-state index contributed by atoms with van der Waals surface area (Å²) in [5.41, 5.74) is 1.55. The van der Waals surface area contributed by atoms with Gasteiger partial charge < -0.3 is 35.0 Å². The smallest absolute Gasteiger partial charge is 0.326 e. The van der Waals surface area contributed by atoms with Crippen molar-refractivity contribution < 1.29 is 33.8 Å². The lowest BCUT2D eigenvalue weighted by molar-refractivity contribution is -0.145. The first-order chi connectivity index (χ1) is 24.9. The van der Waals surface area contributed by atoms with Crippen LogP contribution in [0.3, 0.4) is 0 Å². The van der Waals surface area contributed by atoms with Crippen LogP contribution in [0.4, 0.5) is 0 Å². The zero-order chi connectivity index (χ0) is 40.2. The Morgan fingerprint density at radius 2 is 1.57 bits per heavy atom. The molecule has 1 aromatic carbocycles. The van der Waals surface area contributed by atoms with Crippen molar-refractivity contribution >= 4 is 23.7 Å². The van der Waals surface area contributed by atoms with E-state index < -0.39 is 36.0 Å². The molecule has 0 spiro atoms. The summed E-state index contributed by atoms with van der Waals surface area (Å²) in [7, 11) is 8.93. The Morgan fingerprint density at radius 3 is 2.06 bits per heavy atom. The fourth-order valence-electron chi connectivity index (χ4n) is 7.93. The average Bonchev–Trinajstić information content (AvgIpc) is 3.59. The van der Waals surface area contributed by atoms with E-state index in [9.17, 15) is 24.3 Å². The van der Waals surface area contributed by atoms with Gasteiger partial charge in [0.25, 0.3) is 0 Å². The molecule has 2 rings (SSSR count). The molecule has 12 heteroatoms. The van der Waals surface area contributed by atoms with Crippen LogP contribution in [0.1, 0.15) is 79.7 Å². The molecular formula is C41H69N5O7. The van der Waals surface area contributed by atoms with Gasteiger partial charge in [0.05, 0.1) is 48.7 Å². The predicted molar refractivity (Wildman–Crippen MR) is 209 cm³/mol. The highest BCUT2D eigenvalue weighted by Crippen LogP contribution is 2.31. The third-order valence-electron chi connectivity index (χ3n) is 11.0. The number of benzene rings is 1. The number of likely N-dealkylation sites (tertiary alicyclic amines) is 1. The highest BCUT2D eigenvalue weighted by atomic mass is 16.5. The number of carboxylic acid groups (broad SMARTS) is 1. The Kier molecular flexibility index (Phi) is 18.5. The first-order valence-electron chi connectivity index (χ1n) is 19.2. The van der Waals surface area contributed by atoms with Gasteiger partial charge in [-0.15, -0.1) is 0 Å². The van der Waals surface area contributed by atoms with Crippen LogP contribution in [0.2, 0.25) is 0 Å². The Balaban J connectivity index is 2.27. The normalized spacial score (nSPS) is 19.2. The van der Waals surface area contributed by atoms with Gasteiger partial charge >= 0.3 is 5.97 Å². The molecule has 3 N–H and O–H groups in total. The number of carboxylic acids is 1. The first-order valence-corrected chi connectivity index (χ1v) is 19.2. The van der Waals surface area contributed by atoms with Gasteiger partial charge in [0.15, 0.2) is 0 Å². The van der Waals surface area contributed by atoms with E-state index >= 15 is 0 Å². The van der Waals surface area contributed by atoms with Crippen LogP contribution >= 0.6 is 0 Å². The number of rotatable bonds is 22. The summed E-state index contributed by atoms with van der Waals surface area (Å²) in [6.45, 7) is 19.1. The van der Waals surface area contributed by atoms with Gasteiger partial charge in [-0.2, -0.15) is 0 Å². The zero-order valence-corrected chi connectivity index (χ0v) is 34.4. The van der Waals surface area contributed by atoms with Crippen molar-refractivity contribution in [3.63, 3.8) is 0 Å². The number of hydrogen-bond donors (Lipinski definition) is 3. The van der Waals surface area contributed by atoms with Crippen molar-refractivity contribution in [2.75, 3.05) is 41.9 Å². The monoisotopic (exact) mass is 744 g/mol. The molecule has 0 saturated carbocycles. The molecule has 0 aliphatic carbocycles. The maximum atomic E-state index is 14.2. The number of nitrogens with zero attached hydrogens (tertiary/aromatic N) is 3. The average molecular weight is 744 g/mol. The standard InChI is InChI=1S/C41H69N5O7/c1-14-27(6)37(45(11)29(8)35(25(2)3)43-40(49)36(26(4)5)44(9)10)33(52-12)24-34(47)46-22-18-21-32(46)38(53-13)28(7)39(48)42-31(41(50)51)23-30-19-16-15-17-20-30/h15-17,19-20,25-28,31-33,35-38H,8,14,18,21-24H2,1-7,9-13H3,(H,42,48)(H,43,49)(H,50,51)/t27-,28+,31-,32-,33+,35-,36-,37-,38+/m0/s1. The summed E-state index contributed by atoms with van der Waals surface area (Å²) in [5, 5.41) is 15.9. The van der Waals surface area contributed by atoms with Crippen LogP contribution < -0.4 is 10.6 Å². The Hall–Kier alpha value is -3.48. The third-order valence-corrected chi connectivity index (χ3v) is 11.0. The number of amides is 3. The maximum absolute atomic E-state index is 14.2. The van der Waals surface area contributed by atoms with Crippen LogP contribution in [-0.2, 0) is 35.1 Å². The number of ether oxygens (including phenoxy) is 2. The lowest BCUT2D eigenvalue weighted by Crippen LogP contribution is -2.56. The second kappa shape index (κ2) is 21.4. The van der Waals surface area contributed by atoms with E-state index in [0.29, 0.717) is 13.0 Å². The van der Waals surface area contributed by atoms with E-state index in [4.69, 9.17) is 9.47 Å². The molecule has 1 fully saturated rings. The van der Waals surface area contributed by atoms with Gasteiger partial charge in [-0.25, -0.2) is 4.79 Å². The largest absolute Gasteiger partial charge is 0.480 e. The minimum absolute atomic E-state index is 0.0535. The van der Waals surface area contributed by atoms with Crippen molar-refractivity contribution in [3.05, 3.63) is 48.2 Å². The second-order valence-electron chi connectivity index (χ2n) is 15.7. The van der Waals surface area contributed by atoms with Crippen molar-refractivity contribution in [3.8, 4) is 0 Å². The molecule has 0 bridgehead atoms. The highest BCUT2D eigenvalue weighted by molar-refractivity contribution is 5.85. The fraction of sp³-hybridized carbons (Fsp3) is 0.707. The highest BCUT2D eigenvalue weighted by Gasteiger charge is 2.42. The Labute approximate surface area is 319 Å². The molecule has 0 aromatic heterocycles. The summed E-state index contributed by atoms with van der Waals surface area (Å²) in [6.07, 6.45) is 1.34. The van der Waals surface area contributed by atoms with Gasteiger partial charge in [-0.1, -0.05) is 91.8 Å². The number of hydrogen-bond acceptors (Lipinski definition) is 8. The molecule has 0 unspecified atom stereocenters. The first kappa shape index (κ1) is 45.7. The summed E-state index contributed by atoms with van der Waals surface area (Å²) in [4.78, 5) is 59.1. The number of nitrogens with one attached hydrogen (secondary N) is 2. The predicted octanol–water partition coefficient (Wildman–Crippen LogP) is 4.43. The SMILES string of the molecule is C=C([C@@H](NC(=O)[C@H](C(C)C)N(C)C)C(C)C)N(C)[C@@H]([C@@H](C)CC)[C@@H](CC(=O)N1CCC[C@H]1[C@H](OC)[C@@H](C)C(=O)N[C@@H](Cc1ccccc1)C(=O)O)OC. The summed E-state index contributed by atoms with van der Waals surface area (Å²) in [5.74, 6) is -2.15. The maximum Gasteiger partial charge on any atom is 0.326 e. The molecule has 9 atom stereocenters. The van der Waals surface area contributed by atoms with Crippen molar-refractivity contribution in [1.29, 1.82) is 0 Å². The van der Waals surface area contributed by atoms with Gasteiger partial charge in [0.2, 0.25) is 17.7 Å². The van der Waals surface area contributed by atoms with E-state index in [2.05, 4.69) is 49.8 Å². The molecular weight excluding hydrogens is 674 g/mol. The number of aliphatic carboxylic acids is 1. The summed E-state index contributed by atoms with van der Waals surface area (Å²) >= 11 is 0. The second-order valence-corrected chi connectivity index (χ2v) is 15.7. The third kappa shape index (κ3) is 12.3. The van der Waals surface area contributed by atoms with E-state index in [1.54, 1.807) is 18.9 Å². The quantitative estimate of drug-likeness (QED) is 0.157. The van der Waals surface area contributed by atoms with Crippen LogP contribution in [0.25, 0.3) is 0 Å². The van der Waals surface area contributed by atoms with Gasteiger partial charge in [-0.3, -0.25) is 19.3 Å². The molecule has 1 heterocycles. The molecule has 0 radical (unpaired) electrons. The number of methoxy groups -OCH3 is 2. The topological polar surface area (TPSA) is 141 Å². The lowest BCUT2D eigenvalue weighted by Gasteiger charge is -2.43. The number of carbonyl (C=O) groups is 4. The molecule has 12 nitrogen and oxygen atoms in total. The van der Waals surface area contributed by atoms with E-state index in [1.807, 2.05) is 70.2 Å². The van der Waals surface area contributed by atoms with Crippen LogP contribution in [0.15, 0.2) is 42.6 Å². The lowest BCUT2D eigenvalue weighted by atomic mass is 9.88. The van der Waals surface area contributed by atoms with Crippen LogP contribution in [-0.4, -0.2) is 128 Å². The summed E-state index contributed by atoms with van der Waals surface area (Å²) < 4.78 is 12.0. The van der Waals surface area contributed by atoms with Gasteiger partial charge in [-0.05, 0) is 50.3 Å². The molecule has 1 saturated heterocycles. The van der Waals surface area contributed by atoms with Gasteiger partial charge in [0, 0.05) is 39.9 Å². The molecule has 3 amide bonds. The van der Waals surface area contributed by atoms with E-state index in [1.165, 1.54) is 7.11 Å². The fourth-order valence-corrected chi connectivity index (χ4v) is 7.93. The Morgan fingerprint density at radius 1 is 0.943 bits per heavy atom. The number of likely N-dealkylation sites (N-methyl/N-ethyl adjacent to an activating group) is 2. The molecule has 1 aliphatic heterocycles. The molecule has 1 aromatic rings. The molecule has 300 valence electrons. The van der Waals surface area contributed by atoms with Crippen molar-refractivity contribution in [2.45, 2.75) is 123 Å². The van der Waals surface area contributed by atoms with Crippen molar-refractivity contribution in [1.82, 2.24) is 25.3 Å². The zero-order valence-electron chi connectivity index (χ0n) is 34.4. The molecule has 53 heavy (non-hydrogen) atoms. The van der Waals surface area contributed by atoms with Crippen molar-refractivity contribution in [2.24, 2.45) is 23.7 Å². The van der Waals surface area contributed by atoms with Crippen LogP contribution in [0.5, 0.6) is 0 Å². The number of carbonyl (C=O) groups excluding carboxylic acids is 3. The minimum Gasteiger partial charge on any atom is -0.480 e. The van der Waals surface area contributed by atoms with Gasteiger partial charge in [0.1, 0.15) is 6.04 Å².